The number of aryl methyl sites for hydroxylation is 1. The zero-order valence-electron chi connectivity index (χ0n) is 42.2. The predicted molar refractivity (Wildman–Crippen MR) is 294 cm³/mol. The normalized spacial score (nSPS) is 14.8. The Bertz CT molecular complexity index is 3830. The highest BCUT2D eigenvalue weighted by Crippen LogP contribution is 2.51. The Balaban J connectivity index is 1.12. The molecule has 0 saturated heterocycles. The van der Waals surface area contributed by atoms with Gasteiger partial charge in [0.2, 0.25) is 6.71 Å². The third kappa shape index (κ3) is 5.95. The van der Waals surface area contributed by atoms with Crippen molar-refractivity contribution in [2.75, 3.05) is 4.90 Å². The second kappa shape index (κ2) is 13.8. The van der Waals surface area contributed by atoms with Crippen LogP contribution >= 0.6 is 0 Å². The largest absolute Gasteiger partial charge is 0.453 e. The molecule has 340 valence electrons. The summed E-state index contributed by atoms with van der Waals surface area (Å²) in [4.78, 5) is 2.35. The number of ether oxygens (including phenoxy) is 1. The van der Waals surface area contributed by atoms with Gasteiger partial charge in [-0.25, -0.2) is 0 Å². The average molecular weight is 898 g/mol. The number of anilines is 3. The van der Waals surface area contributed by atoms with Gasteiger partial charge in [-0.2, -0.15) is 0 Å². The predicted octanol–water partition coefficient (Wildman–Crippen LogP) is 15.1. The number of rotatable bonds is 2. The maximum atomic E-state index is 6.46. The molecule has 8 aromatic carbocycles. The van der Waals surface area contributed by atoms with Crippen molar-refractivity contribution >= 4 is 83.8 Å². The second-order valence-electron chi connectivity index (χ2n) is 24.0. The summed E-state index contributed by atoms with van der Waals surface area (Å²) in [6, 6.07) is 55.6. The molecular formula is C64H60BN3O. The summed E-state index contributed by atoms with van der Waals surface area (Å²) in [6.45, 7) is 28.4. The van der Waals surface area contributed by atoms with Crippen molar-refractivity contribution in [1.82, 2.24) is 9.13 Å². The molecule has 2 aromatic heterocycles. The van der Waals surface area contributed by atoms with Crippen LogP contribution < -0.4 is 26.0 Å². The lowest BCUT2D eigenvalue weighted by atomic mass is 9.30. The van der Waals surface area contributed by atoms with Crippen LogP contribution in [-0.4, -0.2) is 15.8 Å². The Hall–Kier alpha value is -6.98. The summed E-state index contributed by atoms with van der Waals surface area (Å²) in [5, 5.41) is 5.28. The molecule has 0 saturated carbocycles. The highest BCUT2D eigenvalue weighted by Gasteiger charge is 2.46. The summed E-state index contributed by atoms with van der Waals surface area (Å²) in [7, 11) is 0. The van der Waals surface area contributed by atoms with E-state index in [9.17, 15) is 0 Å². The van der Waals surface area contributed by atoms with E-state index in [2.05, 4.69) is 231 Å². The van der Waals surface area contributed by atoms with Gasteiger partial charge in [0.1, 0.15) is 0 Å². The first kappa shape index (κ1) is 42.2. The van der Waals surface area contributed by atoms with Crippen molar-refractivity contribution < 1.29 is 4.74 Å². The molecule has 10 aromatic rings. The summed E-state index contributed by atoms with van der Waals surface area (Å²) in [5.41, 5.74) is 22.8. The molecule has 13 rings (SSSR count). The Morgan fingerprint density at radius 2 is 1.01 bits per heavy atom. The first-order valence-electron chi connectivity index (χ1n) is 25.0. The van der Waals surface area contributed by atoms with Crippen LogP contribution in [0, 0.1) is 6.92 Å². The molecule has 0 N–H and O–H groups in total. The van der Waals surface area contributed by atoms with Gasteiger partial charge in [-0.15, -0.1) is 0 Å². The zero-order valence-corrected chi connectivity index (χ0v) is 42.2. The molecule has 0 fully saturated rings. The van der Waals surface area contributed by atoms with Crippen molar-refractivity contribution in [2.45, 2.75) is 105 Å². The number of hydrogen-bond acceptors (Lipinski definition) is 2. The molecule has 3 aliphatic rings. The lowest BCUT2D eigenvalue weighted by molar-refractivity contribution is 0.477. The molecule has 0 amide bonds. The molecule has 0 unspecified atom stereocenters. The van der Waals surface area contributed by atoms with E-state index in [-0.39, 0.29) is 28.4 Å². The van der Waals surface area contributed by atoms with Gasteiger partial charge >= 0.3 is 0 Å². The summed E-state index contributed by atoms with van der Waals surface area (Å²) >= 11 is 0. The van der Waals surface area contributed by atoms with E-state index < -0.39 is 0 Å². The van der Waals surface area contributed by atoms with Crippen LogP contribution in [0.4, 0.5) is 17.1 Å². The van der Waals surface area contributed by atoms with Crippen LogP contribution in [0.15, 0.2) is 146 Å². The number of nitrogens with zero attached hydrogens (tertiary/aromatic N) is 3. The van der Waals surface area contributed by atoms with Crippen LogP contribution in [0.25, 0.3) is 55.0 Å². The Kier molecular flexibility index (Phi) is 8.46. The van der Waals surface area contributed by atoms with E-state index in [0.29, 0.717) is 0 Å². The fourth-order valence-corrected chi connectivity index (χ4v) is 12.3. The number of fused-ring (bicyclic) bond motifs is 12. The van der Waals surface area contributed by atoms with E-state index in [1.54, 1.807) is 0 Å². The van der Waals surface area contributed by atoms with Gasteiger partial charge in [0, 0.05) is 49.5 Å². The highest BCUT2D eigenvalue weighted by atomic mass is 16.5. The molecular weight excluding hydrogens is 838 g/mol. The lowest BCUT2D eigenvalue weighted by Crippen LogP contribution is -2.63. The fraction of sp³-hybridized carbons (Fsp3) is 0.250. The van der Waals surface area contributed by atoms with E-state index in [1.807, 2.05) is 12.1 Å². The molecule has 0 spiro atoms. The maximum absolute atomic E-state index is 6.46. The minimum absolute atomic E-state index is 0.0236. The average Bonchev–Trinajstić information content (AvgIpc) is 3.81. The van der Waals surface area contributed by atoms with Crippen molar-refractivity contribution in [2.24, 2.45) is 0 Å². The summed E-state index contributed by atoms with van der Waals surface area (Å²) in [5.74, 6) is 1.70. The SMILES string of the molecule is Cc1cc2c3c(c1)C(C)(C)c1cc4c(cc1B3c1cc(C(C)(C)C)cc3c5cc(C(C)(C)C)ccc5n-2c13)c1cc(C(C)(C)C)ccc1n4-c1cccc(N2c3ccccc3Oc3ccccc32)c1. The maximum Gasteiger partial charge on any atom is 0.247 e. The number of benzene rings is 8. The molecule has 69 heavy (non-hydrogen) atoms. The first-order chi connectivity index (χ1) is 32.8. The minimum Gasteiger partial charge on any atom is -0.453 e. The van der Waals surface area contributed by atoms with Gasteiger partial charge in [0.05, 0.1) is 27.9 Å². The summed E-state index contributed by atoms with van der Waals surface area (Å²) in [6.07, 6.45) is 0. The van der Waals surface area contributed by atoms with E-state index in [0.717, 1.165) is 34.2 Å². The molecule has 5 heterocycles. The van der Waals surface area contributed by atoms with Gasteiger partial charge in [-0.05, 0) is 152 Å². The quantitative estimate of drug-likeness (QED) is 0.161. The molecule has 4 nitrogen and oxygen atoms in total. The van der Waals surface area contributed by atoms with Crippen molar-refractivity contribution in [3.8, 4) is 22.9 Å². The van der Waals surface area contributed by atoms with Crippen molar-refractivity contribution in [1.29, 1.82) is 0 Å². The lowest BCUT2D eigenvalue weighted by Gasteiger charge is -2.42. The van der Waals surface area contributed by atoms with E-state index in [4.69, 9.17) is 4.74 Å². The van der Waals surface area contributed by atoms with Crippen LogP contribution in [0.3, 0.4) is 0 Å². The molecule has 5 heteroatoms. The third-order valence-corrected chi connectivity index (χ3v) is 16.0. The summed E-state index contributed by atoms with van der Waals surface area (Å²) < 4.78 is 11.6. The Labute approximate surface area is 407 Å². The van der Waals surface area contributed by atoms with E-state index >= 15 is 0 Å². The number of hydrogen-bond donors (Lipinski definition) is 0. The highest BCUT2D eigenvalue weighted by molar-refractivity contribution is 6.99. The van der Waals surface area contributed by atoms with Crippen LogP contribution in [-0.2, 0) is 21.7 Å². The zero-order chi connectivity index (χ0) is 47.8. The van der Waals surface area contributed by atoms with E-state index in [1.165, 1.54) is 99.1 Å². The topological polar surface area (TPSA) is 22.3 Å². The molecule has 0 aliphatic carbocycles. The first-order valence-corrected chi connectivity index (χ1v) is 25.0. The van der Waals surface area contributed by atoms with Gasteiger partial charge in [-0.3, -0.25) is 0 Å². The monoisotopic (exact) mass is 897 g/mol. The molecule has 0 bridgehead atoms. The van der Waals surface area contributed by atoms with Gasteiger partial charge in [-0.1, -0.05) is 142 Å². The minimum atomic E-state index is -0.294. The molecule has 0 atom stereocenters. The molecule has 0 radical (unpaired) electrons. The fourth-order valence-electron chi connectivity index (χ4n) is 12.3. The van der Waals surface area contributed by atoms with Crippen molar-refractivity contribution in [3.63, 3.8) is 0 Å². The Morgan fingerprint density at radius 3 is 1.65 bits per heavy atom. The van der Waals surface area contributed by atoms with Crippen LogP contribution in [0.2, 0.25) is 0 Å². The van der Waals surface area contributed by atoms with Crippen molar-refractivity contribution in [3.05, 3.63) is 179 Å². The van der Waals surface area contributed by atoms with Crippen LogP contribution in [0.5, 0.6) is 11.5 Å². The Morgan fingerprint density at radius 1 is 0.449 bits per heavy atom. The second-order valence-corrected chi connectivity index (χ2v) is 24.0. The number of para-hydroxylation sites is 4. The standard InChI is InChI=1S/C64H60BN3O/c1-37-28-48-59-56(29-37)68-52-27-25-39(62(5,6)7)31-44(52)46-32-40(63(8,9)10)33-50(60(46)68)65(59)49-35-45-43-30-38(61(2,3)4)24-26-51(43)66(55(45)36-47(49)64(48,11)12)41-18-17-19-42(34-41)67-53-20-13-15-22-57(53)69-58-23-16-14-21-54(58)67/h13-36H,1-12H3. The van der Waals surface area contributed by atoms with Gasteiger partial charge < -0.3 is 18.8 Å². The molecule has 3 aliphatic heterocycles. The smallest absolute Gasteiger partial charge is 0.247 e. The van der Waals surface area contributed by atoms with Gasteiger partial charge in [0.25, 0.3) is 0 Å². The van der Waals surface area contributed by atoms with Crippen LogP contribution in [0.1, 0.15) is 110 Å². The third-order valence-electron chi connectivity index (χ3n) is 16.0. The van der Waals surface area contributed by atoms with Gasteiger partial charge in [0.15, 0.2) is 11.5 Å². The number of aromatic nitrogens is 2.